The zero-order chi connectivity index (χ0) is 17.8. The van der Waals surface area contributed by atoms with Gasteiger partial charge >= 0.3 is 5.97 Å². The molecule has 0 spiro atoms. The number of benzene rings is 1. The molecule has 0 radical (unpaired) electrons. The van der Waals surface area contributed by atoms with E-state index in [1.807, 2.05) is 29.2 Å². The number of hydrogen-bond donors (Lipinski definition) is 1. The lowest BCUT2D eigenvalue weighted by molar-refractivity contribution is -0.155. The van der Waals surface area contributed by atoms with Crippen molar-refractivity contribution in [3.8, 4) is 5.75 Å². The van der Waals surface area contributed by atoms with E-state index in [4.69, 9.17) is 14.6 Å². The Balaban J connectivity index is 1.78. The van der Waals surface area contributed by atoms with Gasteiger partial charge < -0.3 is 19.5 Å². The van der Waals surface area contributed by atoms with Crippen molar-refractivity contribution in [2.45, 2.75) is 56.8 Å². The molecule has 0 bridgehead atoms. The Kier molecular flexibility index (Phi) is 5.58. The highest BCUT2D eigenvalue weighted by Gasteiger charge is 2.39. The third-order valence-electron chi connectivity index (χ3n) is 5.11. The first kappa shape index (κ1) is 17.7. The van der Waals surface area contributed by atoms with Crippen molar-refractivity contribution in [1.82, 2.24) is 4.90 Å². The number of nitrogens with zero attached hydrogens (tertiary/aromatic N) is 1. The van der Waals surface area contributed by atoms with E-state index in [1.165, 1.54) is 0 Å². The van der Waals surface area contributed by atoms with Gasteiger partial charge in [-0.15, -0.1) is 0 Å². The lowest BCUT2D eigenvalue weighted by Gasteiger charge is -2.32. The van der Waals surface area contributed by atoms with Gasteiger partial charge in [-0.25, -0.2) is 4.79 Å². The molecule has 1 aromatic rings. The van der Waals surface area contributed by atoms with Crippen LogP contribution in [0.2, 0.25) is 0 Å². The van der Waals surface area contributed by atoms with Crippen LogP contribution in [0, 0.1) is 0 Å². The Bertz CT molecular complexity index is 615. The van der Waals surface area contributed by atoms with Gasteiger partial charge in [0.1, 0.15) is 11.9 Å². The van der Waals surface area contributed by atoms with E-state index in [-0.39, 0.29) is 11.9 Å². The molecule has 2 saturated heterocycles. The number of rotatable bonds is 4. The van der Waals surface area contributed by atoms with E-state index >= 15 is 0 Å². The van der Waals surface area contributed by atoms with E-state index in [9.17, 15) is 9.59 Å². The molecule has 0 aliphatic carbocycles. The summed E-state index contributed by atoms with van der Waals surface area (Å²) in [5.74, 6) is -0.275. The van der Waals surface area contributed by atoms with Crippen molar-refractivity contribution in [2.24, 2.45) is 0 Å². The van der Waals surface area contributed by atoms with Gasteiger partial charge in [0.25, 0.3) is 5.91 Å². The Morgan fingerprint density at radius 2 is 1.80 bits per heavy atom. The monoisotopic (exact) mass is 347 g/mol. The van der Waals surface area contributed by atoms with E-state index in [2.05, 4.69) is 0 Å². The molecule has 6 heteroatoms. The summed E-state index contributed by atoms with van der Waals surface area (Å²) >= 11 is 0. The molecule has 1 amide bonds. The normalized spacial score (nSPS) is 26.9. The molecule has 25 heavy (non-hydrogen) atoms. The topological polar surface area (TPSA) is 76.1 Å². The SMILES string of the molecule is COc1ccc(C2CCCCCN2C(=O)[C@@H]2CC[C@H](C(=O)O)O2)cc1. The fourth-order valence-corrected chi connectivity index (χ4v) is 3.73. The lowest BCUT2D eigenvalue weighted by Crippen LogP contribution is -2.42. The third-order valence-corrected chi connectivity index (χ3v) is 5.11. The molecule has 136 valence electrons. The number of aliphatic carboxylic acids is 1. The van der Waals surface area contributed by atoms with Gasteiger partial charge in [-0.05, 0) is 43.4 Å². The van der Waals surface area contributed by atoms with Crippen LogP contribution in [0.25, 0.3) is 0 Å². The molecular weight excluding hydrogens is 322 g/mol. The highest BCUT2D eigenvalue weighted by molar-refractivity contribution is 5.83. The smallest absolute Gasteiger partial charge is 0.332 e. The van der Waals surface area contributed by atoms with Gasteiger partial charge in [0.15, 0.2) is 6.10 Å². The van der Waals surface area contributed by atoms with Crippen LogP contribution in [0.3, 0.4) is 0 Å². The quantitative estimate of drug-likeness (QED) is 0.906. The molecule has 2 fully saturated rings. The third kappa shape index (κ3) is 3.95. The van der Waals surface area contributed by atoms with E-state index in [0.29, 0.717) is 19.4 Å². The molecule has 2 aliphatic heterocycles. The van der Waals surface area contributed by atoms with Crippen LogP contribution in [0.5, 0.6) is 5.75 Å². The molecule has 0 aromatic heterocycles. The Labute approximate surface area is 147 Å². The summed E-state index contributed by atoms with van der Waals surface area (Å²) in [7, 11) is 1.63. The second-order valence-corrected chi connectivity index (χ2v) is 6.70. The van der Waals surface area contributed by atoms with Crippen LogP contribution in [-0.2, 0) is 14.3 Å². The average Bonchev–Trinajstić information content (AvgIpc) is 3.00. The molecule has 6 nitrogen and oxygen atoms in total. The molecule has 3 atom stereocenters. The predicted molar refractivity (Wildman–Crippen MR) is 91.4 cm³/mol. The highest BCUT2D eigenvalue weighted by Crippen LogP contribution is 2.33. The van der Waals surface area contributed by atoms with Crippen LogP contribution in [0.1, 0.15) is 50.1 Å². The summed E-state index contributed by atoms with van der Waals surface area (Å²) < 4.78 is 10.7. The van der Waals surface area contributed by atoms with E-state index in [1.54, 1.807) is 7.11 Å². The minimum Gasteiger partial charge on any atom is -0.497 e. The summed E-state index contributed by atoms with van der Waals surface area (Å²) in [4.78, 5) is 26.0. The number of methoxy groups -OCH3 is 1. The van der Waals surface area contributed by atoms with Crippen LogP contribution in [0.15, 0.2) is 24.3 Å². The number of carboxylic acids is 1. The lowest BCUT2D eigenvalue weighted by atomic mass is 10.00. The summed E-state index contributed by atoms with van der Waals surface area (Å²) in [6, 6.07) is 7.84. The maximum absolute atomic E-state index is 13.0. The van der Waals surface area contributed by atoms with E-state index < -0.39 is 18.2 Å². The van der Waals surface area contributed by atoms with Crippen molar-refractivity contribution in [2.75, 3.05) is 13.7 Å². The molecular formula is C19H25NO5. The molecule has 1 N–H and O–H groups in total. The van der Waals surface area contributed by atoms with Crippen LogP contribution < -0.4 is 4.74 Å². The maximum Gasteiger partial charge on any atom is 0.332 e. The second-order valence-electron chi connectivity index (χ2n) is 6.70. The van der Waals surface area contributed by atoms with Crippen molar-refractivity contribution in [3.63, 3.8) is 0 Å². The van der Waals surface area contributed by atoms with Crippen molar-refractivity contribution in [1.29, 1.82) is 0 Å². The summed E-state index contributed by atoms with van der Waals surface area (Å²) in [5.41, 5.74) is 1.09. The fraction of sp³-hybridized carbons (Fsp3) is 0.579. The highest BCUT2D eigenvalue weighted by atomic mass is 16.5. The molecule has 0 saturated carbocycles. The van der Waals surface area contributed by atoms with Gasteiger partial charge in [0.05, 0.1) is 13.2 Å². The standard InChI is InChI=1S/C19H25NO5/c1-24-14-8-6-13(7-9-14)15-5-3-2-4-12-20(15)18(21)16-10-11-17(25-16)19(22)23/h6-9,15-17H,2-5,10-12H2,1H3,(H,22,23)/t15?,16-,17+/m0/s1. The van der Waals surface area contributed by atoms with Gasteiger partial charge in [-0.3, -0.25) is 4.79 Å². The van der Waals surface area contributed by atoms with Crippen molar-refractivity contribution < 1.29 is 24.2 Å². The number of carboxylic acid groups (broad SMARTS) is 1. The number of amides is 1. The van der Waals surface area contributed by atoms with Gasteiger partial charge in [-0.1, -0.05) is 25.0 Å². The van der Waals surface area contributed by atoms with Gasteiger partial charge in [-0.2, -0.15) is 0 Å². The average molecular weight is 347 g/mol. The maximum atomic E-state index is 13.0. The summed E-state index contributed by atoms with van der Waals surface area (Å²) in [6.07, 6.45) is 3.42. The second kappa shape index (κ2) is 7.87. The van der Waals surface area contributed by atoms with Crippen LogP contribution >= 0.6 is 0 Å². The molecule has 1 aromatic carbocycles. The van der Waals surface area contributed by atoms with E-state index in [0.717, 1.165) is 37.0 Å². The Hall–Kier alpha value is -2.08. The first-order chi connectivity index (χ1) is 12.1. The number of likely N-dealkylation sites (tertiary alicyclic amines) is 1. The fourth-order valence-electron chi connectivity index (χ4n) is 3.73. The minimum absolute atomic E-state index is 0.00776. The first-order valence-electron chi connectivity index (χ1n) is 8.93. The van der Waals surface area contributed by atoms with Crippen LogP contribution in [0.4, 0.5) is 0 Å². The zero-order valence-corrected chi connectivity index (χ0v) is 14.5. The van der Waals surface area contributed by atoms with Gasteiger partial charge in [0, 0.05) is 6.54 Å². The van der Waals surface area contributed by atoms with Crippen molar-refractivity contribution >= 4 is 11.9 Å². The zero-order valence-electron chi connectivity index (χ0n) is 14.5. The predicted octanol–water partition coefficient (Wildman–Crippen LogP) is 2.77. The first-order valence-corrected chi connectivity index (χ1v) is 8.93. The molecule has 2 aliphatic rings. The minimum atomic E-state index is -0.988. The Morgan fingerprint density at radius 1 is 1.08 bits per heavy atom. The molecule has 2 heterocycles. The van der Waals surface area contributed by atoms with Gasteiger partial charge in [0.2, 0.25) is 0 Å². The number of carbonyl (C=O) groups is 2. The number of carbonyl (C=O) groups excluding carboxylic acids is 1. The molecule has 1 unspecified atom stereocenters. The number of hydrogen-bond acceptors (Lipinski definition) is 4. The van der Waals surface area contributed by atoms with Crippen molar-refractivity contribution in [3.05, 3.63) is 29.8 Å². The Morgan fingerprint density at radius 3 is 2.44 bits per heavy atom. The summed E-state index contributed by atoms with van der Waals surface area (Å²) in [6.45, 7) is 0.688. The van der Waals surface area contributed by atoms with Crippen LogP contribution in [-0.4, -0.2) is 47.7 Å². The number of ether oxygens (including phenoxy) is 2. The molecule has 3 rings (SSSR count). The summed E-state index contributed by atoms with van der Waals surface area (Å²) in [5, 5.41) is 9.09. The largest absolute Gasteiger partial charge is 0.497 e.